The van der Waals surface area contributed by atoms with E-state index in [0.29, 0.717) is 0 Å². The Labute approximate surface area is 96.2 Å². The summed E-state index contributed by atoms with van der Waals surface area (Å²) in [5.74, 6) is 0. The molecule has 0 atom stereocenters. The third-order valence-electron chi connectivity index (χ3n) is 1.41. The van der Waals surface area contributed by atoms with Crippen LogP contribution in [0.3, 0.4) is 0 Å². The maximum Gasteiger partial charge on any atom is 0.0246 e. The van der Waals surface area contributed by atoms with E-state index in [1.165, 1.54) is 13.6 Å². The van der Waals surface area contributed by atoms with Crippen molar-refractivity contribution in [3.63, 3.8) is 0 Å². The van der Waals surface area contributed by atoms with Crippen molar-refractivity contribution in [2.24, 2.45) is 0 Å². The quantitative estimate of drug-likeness (QED) is 0.421. The van der Waals surface area contributed by atoms with Gasteiger partial charge in [0.1, 0.15) is 0 Å². The maximum atomic E-state index is 2.48. The number of halogens is 2. The third kappa shape index (κ3) is 3.15. The first-order valence-corrected chi connectivity index (χ1v) is 8.06. The van der Waals surface area contributed by atoms with Gasteiger partial charge in [-0.1, -0.05) is 83.4 Å². The molecule has 1 aromatic carbocycles. The Morgan fingerprint density at radius 3 is 2.00 bits per heavy atom. The molecule has 0 amide bonds. The maximum absolute atomic E-state index is 2.48. The summed E-state index contributed by atoms with van der Waals surface area (Å²) in [5.41, 5.74) is 0. The minimum absolute atomic E-state index is 0.122. The summed E-state index contributed by atoms with van der Waals surface area (Å²) in [4.78, 5) is 0. The second kappa shape index (κ2) is 5.70. The van der Waals surface area contributed by atoms with Crippen LogP contribution in [0.2, 0.25) is 0 Å². The van der Waals surface area contributed by atoms with Crippen LogP contribution in [-0.4, -0.2) is 8.34 Å². The summed E-state index contributed by atoms with van der Waals surface area (Å²) in [7, 11) is 0.122. The van der Waals surface area contributed by atoms with Crippen LogP contribution in [0.4, 0.5) is 0 Å². The predicted molar refractivity (Wildman–Crippen MR) is 70.8 cm³/mol. The molecule has 60 valence electrons. The van der Waals surface area contributed by atoms with E-state index >= 15 is 0 Å². The number of rotatable bonds is 3. The monoisotopic (exact) mass is 390 g/mol. The zero-order valence-electron chi connectivity index (χ0n) is 6.00. The fraction of sp³-hybridized carbons (Fsp3) is 0.250. The molecule has 0 aliphatic rings. The lowest BCUT2D eigenvalue weighted by molar-refractivity contribution is 1.77. The van der Waals surface area contributed by atoms with Crippen molar-refractivity contribution in [1.82, 2.24) is 0 Å². The number of benzene rings is 1. The Morgan fingerprint density at radius 1 is 1.00 bits per heavy atom. The van der Waals surface area contributed by atoms with Crippen molar-refractivity contribution in [1.29, 1.82) is 0 Å². The number of hydrogen-bond acceptors (Lipinski definition) is 0. The molecule has 1 rings (SSSR count). The number of alkyl halides is 2. The molecule has 11 heavy (non-hydrogen) atoms. The lowest BCUT2D eigenvalue weighted by Gasteiger charge is -2.10. The fourth-order valence-corrected chi connectivity index (χ4v) is 8.32. The van der Waals surface area contributed by atoms with Crippen LogP contribution in [0.25, 0.3) is 0 Å². The Hall–Kier alpha value is 1.11. The first kappa shape index (κ1) is 10.2. The molecule has 0 aliphatic carbocycles. The van der Waals surface area contributed by atoms with E-state index in [1.807, 2.05) is 0 Å². The van der Waals surface area contributed by atoms with Crippen molar-refractivity contribution < 1.29 is 0 Å². The predicted octanol–water partition coefficient (Wildman–Crippen LogP) is 3.58. The molecule has 0 aromatic heterocycles. The molecule has 0 saturated carbocycles. The summed E-state index contributed by atoms with van der Waals surface area (Å²) < 4.78 is 2.56. The summed E-state index contributed by atoms with van der Waals surface area (Å²) in [6, 6.07) is 10.8. The van der Waals surface area contributed by atoms with E-state index in [0.717, 1.165) is 0 Å². The molecular formula is C8H9I2P. The van der Waals surface area contributed by atoms with Crippen LogP contribution in [0.5, 0.6) is 0 Å². The van der Waals surface area contributed by atoms with Gasteiger partial charge in [0, 0.05) is 8.34 Å². The minimum Gasteiger partial charge on any atom is -0.0809 e. The summed E-state index contributed by atoms with van der Waals surface area (Å²) in [6.07, 6.45) is 0. The average Bonchev–Trinajstić information content (AvgIpc) is 2.09. The van der Waals surface area contributed by atoms with Crippen LogP contribution in [0.1, 0.15) is 0 Å². The largest absolute Gasteiger partial charge is 0.0809 e. The topological polar surface area (TPSA) is 0 Å². The van der Waals surface area contributed by atoms with E-state index < -0.39 is 0 Å². The third-order valence-corrected chi connectivity index (χ3v) is 7.96. The highest BCUT2D eigenvalue weighted by Gasteiger charge is 2.05. The summed E-state index contributed by atoms with van der Waals surface area (Å²) >= 11 is 4.95. The van der Waals surface area contributed by atoms with Gasteiger partial charge in [-0.05, 0) is 5.30 Å². The van der Waals surface area contributed by atoms with Crippen LogP contribution in [0.15, 0.2) is 30.3 Å². The van der Waals surface area contributed by atoms with E-state index in [-0.39, 0.29) is 7.92 Å². The van der Waals surface area contributed by atoms with Gasteiger partial charge < -0.3 is 0 Å². The molecule has 0 unspecified atom stereocenters. The van der Waals surface area contributed by atoms with Crippen LogP contribution < -0.4 is 5.30 Å². The second-order valence-corrected chi connectivity index (χ2v) is 8.28. The Morgan fingerprint density at radius 2 is 1.55 bits per heavy atom. The Balaban J connectivity index is 2.74. The molecule has 1 aromatic rings. The average molecular weight is 390 g/mol. The first-order chi connectivity index (χ1) is 5.38. The highest BCUT2D eigenvalue weighted by molar-refractivity contribution is 14.1. The van der Waals surface area contributed by atoms with Crippen LogP contribution in [-0.2, 0) is 0 Å². The van der Waals surface area contributed by atoms with Gasteiger partial charge in [-0.3, -0.25) is 0 Å². The summed E-state index contributed by atoms with van der Waals surface area (Å²) in [6.45, 7) is 0. The Kier molecular flexibility index (Phi) is 5.29. The van der Waals surface area contributed by atoms with Gasteiger partial charge in [0.15, 0.2) is 0 Å². The van der Waals surface area contributed by atoms with Crippen molar-refractivity contribution in [2.75, 3.05) is 8.34 Å². The highest BCUT2D eigenvalue weighted by Crippen LogP contribution is 2.38. The zero-order chi connectivity index (χ0) is 8.10. The van der Waals surface area contributed by atoms with Crippen molar-refractivity contribution >= 4 is 58.4 Å². The SMILES string of the molecule is ICP(CI)c1ccccc1. The fourth-order valence-electron chi connectivity index (χ4n) is 0.809. The first-order valence-electron chi connectivity index (χ1n) is 3.30. The zero-order valence-corrected chi connectivity index (χ0v) is 11.2. The van der Waals surface area contributed by atoms with Crippen molar-refractivity contribution in [3.8, 4) is 0 Å². The van der Waals surface area contributed by atoms with Gasteiger partial charge in [-0.25, -0.2) is 0 Å². The molecular weight excluding hydrogens is 381 g/mol. The molecule has 0 nitrogen and oxygen atoms in total. The van der Waals surface area contributed by atoms with E-state index in [4.69, 9.17) is 0 Å². The number of hydrogen-bond donors (Lipinski definition) is 0. The van der Waals surface area contributed by atoms with E-state index in [9.17, 15) is 0 Å². The molecule has 0 bridgehead atoms. The molecule has 0 spiro atoms. The van der Waals surface area contributed by atoms with Crippen molar-refractivity contribution in [3.05, 3.63) is 30.3 Å². The van der Waals surface area contributed by atoms with Gasteiger partial charge in [0.2, 0.25) is 0 Å². The smallest absolute Gasteiger partial charge is 0.0246 e. The van der Waals surface area contributed by atoms with Gasteiger partial charge in [0.05, 0.1) is 0 Å². The second-order valence-electron chi connectivity index (χ2n) is 2.11. The molecule has 0 fully saturated rings. The van der Waals surface area contributed by atoms with Crippen molar-refractivity contribution in [2.45, 2.75) is 0 Å². The van der Waals surface area contributed by atoms with E-state index in [1.54, 1.807) is 0 Å². The minimum atomic E-state index is 0.122. The van der Waals surface area contributed by atoms with Gasteiger partial charge in [-0.2, -0.15) is 0 Å². The molecule has 0 aliphatic heterocycles. The van der Waals surface area contributed by atoms with E-state index in [2.05, 4.69) is 75.5 Å². The molecule has 0 radical (unpaired) electrons. The lowest BCUT2D eigenvalue weighted by atomic mass is 10.4. The normalized spacial score (nSPS) is 10.5. The lowest BCUT2D eigenvalue weighted by Crippen LogP contribution is -2.00. The molecule has 0 heterocycles. The summed E-state index contributed by atoms with van der Waals surface area (Å²) in [5, 5.41) is 1.53. The molecule has 3 heteroatoms. The van der Waals surface area contributed by atoms with Crippen LogP contribution >= 0.6 is 53.1 Å². The Bertz CT molecular complexity index is 197. The standard InChI is InChI=1S/C8H9I2P/c9-6-11(7-10)8-4-2-1-3-5-8/h1-5H,6-7H2. The van der Waals surface area contributed by atoms with Gasteiger partial charge in [-0.15, -0.1) is 0 Å². The highest BCUT2D eigenvalue weighted by atomic mass is 127. The molecule has 0 N–H and O–H groups in total. The van der Waals surface area contributed by atoms with Gasteiger partial charge >= 0.3 is 0 Å². The molecule has 0 saturated heterocycles. The van der Waals surface area contributed by atoms with Crippen LogP contribution in [0, 0.1) is 0 Å². The van der Waals surface area contributed by atoms with Gasteiger partial charge in [0.25, 0.3) is 0 Å².